The first-order valence-corrected chi connectivity index (χ1v) is 8.73. The number of amides is 3. The molecular weight excluding hydrogens is 304 g/mol. The Bertz CT molecular complexity index is 619. The summed E-state index contributed by atoms with van der Waals surface area (Å²) in [6, 6.07) is 8.25. The molecule has 1 saturated heterocycles. The van der Waals surface area contributed by atoms with Gasteiger partial charge in [0.25, 0.3) is 0 Å². The predicted molar refractivity (Wildman–Crippen MR) is 93.8 cm³/mol. The number of nitrogens with zero attached hydrogens (tertiary/aromatic N) is 2. The van der Waals surface area contributed by atoms with Gasteiger partial charge < -0.3 is 20.9 Å². The molecule has 3 N–H and O–H groups in total. The molecule has 0 bridgehead atoms. The van der Waals surface area contributed by atoms with E-state index in [-0.39, 0.29) is 17.9 Å². The Morgan fingerprint density at radius 1 is 1.33 bits per heavy atom. The lowest BCUT2D eigenvalue weighted by molar-refractivity contribution is -0.126. The van der Waals surface area contributed by atoms with Crippen LogP contribution in [0, 0.1) is 5.92 Å². The topological polar surface area (TPSA) is 78.7 Å². The largest absolute Gasteiger partial charge is 0.366 e. The Kier molecular flexibility index (Phi) is 4.92. The van der Waals surface area contributed by atoms with Crippen molar-refractivity contribution in [2.24, 2.45) is 11.7 Å². The van der Waals surface area contributed by atoms with E-state index in [0.717, 1.165) is 25.8 Å². The maximum Gasteiger partial charge on any atom is 0.314 e. The smallest absolute Gasteiger partial charge is 0.314 e. The zero-order valence-electron chi connectivity index (χ0n) is 14.2. The van der Waals surface area contributed by atoms with Gasteiger partial charge in [-0.15, -0.1) is 0 Å². The molecule has 0 spiro atoms. The van der Waals surface area contributed by atoms with Gasteiger partial charge in [-0.3, -0.25) is 4.79 Å². The van der Waals surface area contributed by atoms with Gasteiger partial charge in [-0.25, -0.2) is 4.79 Å². The van der Waals surface area contributed by atoms with Gasteiger partial charge in [-0.05, 0) is 37.8 Å². The first-order chi connectivity index (χ1) is 11.6. The van der Waals surface area contributed by atoms with Crippen LogP contribution in [-0.4, -0.2) is 49.1 Å². The van der Waals surface area contributed by atoms with Gasteiger partial charge in [0, 0.05) is 37.9 Å². The highest BCUT2D eigenvalue weighted by Gasteiger charge is 2.28. The minimum absolute atomic E-state index is 0.0280. The van der Waals surface area contributed by atoms with E-state index in [1.807, 2.05) is 0 Å². The minimum Gasteiger partial charge on any atom is -0.366 e. The lowest BCUT2D eigenvalue weighted by atomic mass is 9.97. The monoisotopic (exact) mass is 330 g/mol. The van der Waals surface area contributed by atoms with E-state index >= 15 is 0 Å². The van der Waals surface area contributed by atoms with Gasteiger partial charge in [0.1, 0.15) is 0 Å². The number of nitrogens with one attached hydrogen (secondary N) is 1. The van der Waals surface area contributed by atoms with E-state index < -0.39 is 6.03 Å². The van der Waals surface area contributed by atoms with Crippen LogP contribution in [0.25, 0.3) is 0 Å². The van der Waals surface area contributed by atoms with Gasteiger partial charge >= 0.3 is 6.03 Å². The Labute approximate surface area is 143 Å². The molecule has 6 heteroatoms. The second kappa shape index (κ2) is 7.11. The highest BCUT2D eigenvalue weighted by molar-refractivity contribution is 5.80. The molecule has 2 aliphatic rings. The van der Waals surface area contributed by atoms with Crippen LogP contribution in [0.3, 0.4) is 0 Å². The van der Waals surface area contributed by atoms with E-state index in [0.29, 0.717) is 19.6 Å². The number of benzene rings is 1. The third-order valence-corrected chi connectivity index (χ3v) is 5.13. The van der Waals surface area contributed by atoms with Crippen molar-refractivity contribution in [3.63, 3.8) is 0 Å². The molecule has 3 amide bonds. The third kappa shape index (κ3) is 3.47. The molecule has 2 aliphatic heterocycles. The van der Waals surface area contributed by atoms with E-state index in [2.05, 4.69) is 41.4 Å². The van der Waals surface area contributed by atoms with Gasteiger partial charge in [-0.1, -0.05) is 18.2 Å². The van der Waals surface area contributed by atoms with Crippen molar-refractivity contribution < 1.29 is 9.59 Å². The second-order valence-electron chi connectivity index (χ2n) is 6.79. The molecule has 1 aromatic carbocycles. The number of para-hydroxylation sites is 1. The van der Waals surface area contributed by atoms with E-state index in [1.165, 1.54) is 11.3 Å². The molecule has 0 aromatic heterocycles. The number of likely N-dealkylation sites (tertiary alicyclic amines) is 1. The van der Waals surface area contributed by atoms with Crippen LogP contribution in [-0.2, 0) is 11.2 Å². The summed E-state index contributed by atoms with van der Waals surface area (Å²) in [6.07, 6.45) is 2.71. The van der Waals surface area contributed by atoms with Crippen molar-refractivity contribution in [3.05, 3.63) is 29.8 Å². The average Bonchev–Trinajstić information content (AvgIpc) is 3.03. The van der Waals surface area contributed by atoms with Crippen molar-refractivity contribution in [2.45, 2.75) is 32.2 Å². The lowest BCUT2D eigenvalue weighted by Gasteiger charge is -2.32. The maximum absolute atomic E-state index is 12.4. The number of piperidine rings is 1. The summed E-state index contributed by atoms with van der Waals surface area (Å²) in [6.45, 7) is 4.83. The molecular formula is C18H26N4O2. The summed E-state index contributed by atoms with van der Waals surface area (Å²) in [5.41, 5.74) is 7.98. The average molecular weight is 330 g/mol. The Morgan fingerprint density at radius 3 is 2.92 bits per heavy atom. The lowest BCUT2D eigenvalue weighted by Crippen LogP contribution is -2.49. The highest BCUT2D eigenvalue weighted by Crippen LogP contribution is 2.29. The summed E-state index contributed by atoms with van der Waals surface area (Å²) in [7, 11) is 0. The fraction of sp³-hybridized carbons (Fsp3) is 0.556. The minimum atomic E-state index is -0.436. The van der Waals surface area contributed by atoms with Crippen LogP contribution in [0.5, 0.6) is 0 Å². The van der Waals surface area contributed by atoms with E-state index in [1.54, 1.807) is 4.90 Å². The number of primary amides is 1. The molecule has 2 atom stereocenters. The highest BCUT2D eigenvalue weighted by atomic mass is 16.2. The number of hydrogen-bond acceptors (Lipinski definition) is 3. The van der Waals surface area contributed by atoms with Crippen LogP contribution in [0.1, 0.15) is 25.3 Å². The number of urea groups is 1. The van der Waals surface area contributed by atoms with Crippen LogP contribution in [0.15, 0.2) is 24.3 Å². The van der Waals surface area contributed by atoms with Gasteiger partial charge in [0.05, 0.1) is 5.92 Å². The van der Waals surface area contributed by atoms with Crippen molar-refractivity contribution in [2.75, 3.05) is 31.1 Å². The zero-order valence-corrected chi connectivity index (χ0v) is 14.2. The number of anilines is 1. The molecule has 24 heavy (non-hydrogen) atoms. The number of fused-ring (bicyclic) bond motifs is 1. The standard InChI is InChI=1S/C18H26N4O2/c1-13(22-10-8-14-5-2-3-7-16(14)22)11-20-17(23)15-6-4-9-21(12-15)18(19)24/h2-3,5,7,13,15H,4,6,8-12H2,1H3,(H2,19,24)(H,20,23)/t13-,15-/m1/s1. The molecule has 0 aliphatic carbocycles. The molecule has 1 aromatic rings. The molecule has 0 unspecified atom stereocenters. The first kappa shape index (κ1) is 16.6. The van der Waals surface area contributed by atoms with Crippen LogP contribution in [0.2, 0.25) is 0 Å². The van der Waals surface area contributed by atoms with E-state index in [4.69, 9.17) is 5.73 Å². The second-order valence-corrected chi connectivity index (χ2v) is 6.79. The molecule has 1 fully saturated rings. The number of nitrogens with two attached hydrogens (primary N) is 1. The SMILES string of the molecule is C[C@H](CNC(=O)[C@@H]1CCCN(C(N)=O)C1)N1CCc2ccccc21. The number of rotatable bonds is 4. The summed E-state index contributed by atoms with van der Waals surface area (Å²) >= 11 is 0. The molecule has 2 heterocycles. The summed E-state index contributed by atoms with van der Waals surface area (Å²) in [5.74, 6) is -0.121. The summed E-state index contributed by atoms with van der Waals surface area (Å²) < 4.78 is 0. The van der Waals surface area contributed by atoms with Crippen molar-refractivity contribution in [1.29, 1.82) is 0 Å². The fourth-order valence-corrected chi connectivity index (χ4v) is 3.72. The van der Waals surface area contributed by atoms with Crippen molar-refractivity contribution >= 4 is 17.6 Å². The maximum atomic E-state index is 12.4. The first-order valence-electron chi connectivity index (χ1n) is 8.73. The molecule has 130 valence electrons. The molecule has 3 rings (SSSR count). The summed E-state index contributed by atoms with van der Waals surface area (Å²) in [4.78, 5) is 27.6. The van der Waals surface area contributed by atoms with Gasteiger partial charge in [0.15, 0.2) is 0 Å². The van der Waals surface area contributed by atoms with Crippen LogP contribution in [0.4, 0.5) is 10.5 Å². The van der Waals surface area contributed by atoms with Crippen molar-refractivity contribution in [3.8, 4) is 0 Å². The summed E-state index contributed by atoms with van der Waals surface area (Å²) in [5, 5.41) is 3.06. The van der Waals surface area contributed by atoms with Gasteiger partial charge in [-0.2, -0.15) is 0 Å². The van der Waals surface area contributed by atoms with Crippen molar-refractivity contribution in [1.82, 2.24) is 10.2 Å². The van der Waals surface area contributed by atoms with Crippen LogP contribution >= 0.6 is 0 Å². The van der Waals surface area contributed by atoms with Gasteiger partial charge in [0.2, 0.25) is 5.91 Å². The predicted octanol–water partition coefficient (Wildman–Crippen LogP) is 1.34. The Balaban J connectivity index is 1.52. The molecule has 0 saturated carbocycles. The molecule has 0 radical (unpaired) electrons. The molecule has 6 nitrogen and oxygen atoms in total. The third-order valence-electron chi connectivity index (χ3n) is 5.13. The fourth-order valence-electron chi connectivity index (χ4n) is 3.72. The zero-order chi connectivity index (χ0) is 17.1. The Morgan fingerprint density at radius 2 is 2.12 bits per heavy atom. The quantitative estimate of drug-likeness (QED) is 0.874. The van der Waals surface area contributed by atoms with E-state index in [9.17, 15) is 9.59 Å². The number of carbonyl (C=O) groups excluding carboxylic acids is 2. The number of hydrogen-bond donors (Lipinski definition) is 2. The normalized spacial score (nSPS) is 21.3. The Hall–Kier alpha value is -2.24. The van der Waals surface area contributed by atoms with Crippen LogP contribution < -0.4 is 16.0 Å². The number of carbonyl (C=O) groups is 2.